The summed E-state index contributed by atoms with van der Waals surface area (Å²) in [5.74, 6) is -0.760. The quantitative estimate of drug-likeness (QED) is 0.682. The van der Waals surface area contributed by atoms with Gasteiger partial charge < -0.3 is 15.5 Å². The van der Waals surface area contributed by atoms with Crippen LogP contribution in [0, 0.1) is 0 Å². The number of fused-ring (bicyclic) bond motifs is 2. The van der Waals surface area contributed by atoms with Crippen LogP contribution in [0.2, 0.25) is 0 Å². The second kappa shape index (κ2) is 7.37. The third kappa shape index (κ3) is 3.40. The van der Waals surface area contributed by atoms with Crippen molar-refractivity contribution in [1.29, 1.82) is 0 Å². The molecule has 2 aliphatic heterocycles. The van der Waals surface area contributed by atoms with Crippen molar-refractivity contribution in [2.24, 2.45) is 0 Å². The Labute approximate surface area is 173 Å². The number of rotatable bonds is 3. The Morgan fingerprint density at radius 1 is 1.10 bits per heavy atom. The lowest BCUT2D eigenvalue weighted by Gasteiger charge is -2.31. The van der Waals surface area contributed by atoms with Gasteiger partial charge in [0, 0.05) is 30.1 Å². The van der Waals surface area contributed by atoms with Gasteiger partial charge >= 0.3 is 0 Å². The highest BCUT2D eigenvalue weighted by Crippen LogP contribution is 2.35. The van der Waals surface area contributed by atoms with Gasteiger partial charge in [0.05, 0.1) is 17.3 Å². The number of hydrogen-bond acceptors (Lipinski definition) is 4. The van der Waals surface area contributed by atoms with E-state index in [2.05, 4.69) is 33.0 Å². The van der Waals surface area contributed by atoms with Crippen LogP contribution >= 0.6 is 11.3 Å². The lowest BCUT2D eigenvalue weighted by molar-refractivity contribution is -0.123. The van der Waals surface area contributed by atoms with E-state index < -0.39 is 5.92 Å². The van der Waals surface area contributed by atoms with Gasteiger partial charge in [-0.1, -0.05) is 30.3 Å². The minimum atomic E-state index is -0.488. The van der Waals surface area contributed by atoms with Crippen LogP contribution in [-0.4, -0.2) is 18.4 Å². The van der Waals surface area contributed by atoms with Gasteiger partial charge in [-0.25, -0.2) is 0 Å². The number of amides is 2. The fourth-order valence-corrected chi connectivity index (χ4v) is 5.06. The Kier molecular flexibility index (Phi) is 4.56. The van der Waals surface area contributed by atoms with E-state index >= 15 is 0 Å². The van der Waals surface area contributed by atoms with Crippen LogP contribution in [0.25, 0.3) is 0 Å². The maximum absolute atomic E-state index is 13.2. The summed E-state index contributed by atoms with van der Waals surface area (Å²) in [4.78, 5) is 29.0. The smallest absolute Gasteiger partial charge is 0.232 e. The van der Waals surface area contributed by atoms with Crippen LogP contribution in [-0.2, 0) is 22.6 Å². The topological polar surface area (TPSA) is 61.4 Å². The van der Waals surface area contributed by atoms with Crippen molar-refractivity contribution in [3.63, 3.8) is 0 Å². The summed E-state index contributed by atoms with van der Waals surface area (Å²) in [5, 5.41) is 8.10. The molecule has 0 spiro atoms. The molecule has 0 radical (unpaired) electrons. The van der Waals surface area contributed by atoms with Gasteiger partial charge in [-0.05, 0) is 47.2 Å². The lowest BCUT2D eigenvalue weighted by atomic mass is 9.89. The van der Waals surface area contributed by atoms with Crippen LogP contribution in [0.5, 0.6) is 0 Å². The first-order valence-electron chi connectivity index (χ1n) is 9.78. The molecule has 5 rings (SSSR count). The zero-order valence-corrected chi connectivity index (χ0v) is 16.7. The van der Waals surface area contributed by atoms with E-state index in [4.69, 9.17) is 0 Å². The van der Waals surface area contributed by atoms with Gasteiger partial charge in [0.15, 0.2) is 0 Å². The van der Waals surface area contributed by atoms with Crippen LogP contribution in [0.4, 0.5) is 17.1 Å². The number of hydrogen-bond donors (Lipinski definition) is 2. The minimum Gasteiger partial charge on any atom is -0.365 e. The van der Waals surface area contributed by atoms with Crippen molar-refractivity contribution >= 4 is 40.2 Å². The Balaban J connectivity index is 1.41. The molecule has 1 aromatic heterocycles. The first-order valence-corrected chi connectivity index (χ1v) is 10.7. The van der Waals surface area contributed by atoms with Crippen molar-refractivity contribution < 1.29 is 9.59 Å². The Bertz CT molecular complexity index is 1090. The molecule has 3 aromatic rings. The summed E-state index contributed by atoms with van der Waals surface area (Å²) in [6.45, 7) is 1.77. The molecule has 2 aromatic carbocycles. The predicted octanol–water partition coefficient (Wildman–Crippen LogP) is 4.38. The minimum absolute atomic E-state index is 0.127. The standard InChI is InChI=1S/C23H21N3O2S/c27-22-13-17(16-5-1-2-6-18(16)24-22)23(28)25-19-7-3-4-8-20(19)26-11-9-21-15(14-26)10-12-29-21/h1-8,10,12,17H,9,11,13-14H2,(H,24,27)(H,25,28)/t17-/m1/s1. The molecule has 0 fully saturated rings. The number of carbonyl (C=O) groups excluding carboxylic acids is 2. The molecule has 0 unspecified atom stereocenters. The number of anilines is 3. The summed E-state index contributed by atoms with van der Waals surface area (Å²) in [6.07, 6.45) is 1.18. The lowest BCUT2D eigenvalue weighted by Crippen LogP contribution is -2.32. The first-order chi connectivity index (χ1) is 14.2. The average molecular weight is 404 g/mol. The molecule has 0 saturated heterocycles. The van der Waals surface area contributed by atoms with Gasteiger partial charge in [0.2, 0.25) is 11.8 Å². The molecule has 146 valence electrons. The SMILES string of the molecule is O=C1C[C@@H](C(=O)Nc2ccccc2N2CCc3sccc3C2)c2ccccc2N1. The van der Waals surface area contributed by atoms with E-state index in [1.54, 1.807) is 0 Å². The molecule has 1 atom stereocenters. The second-order valence-corrected chi connectivity index (χ2v) is 8.44. The molecule has 2 N–H and O–H groups in total. The molecule has 0 bridgehead atoms. The number of benzene rings is 2. The molecule has 6 heteroatoms. The fourth-order valence-electron chi connectivity index (χ4n) is 4.17. The number of nitrogens with one attached hydrogen (secondary N) is 2. The molecule has 2 aliphatic rings. The third-order valence-corrected chi connectivity index (χ3v) is 6.65. The average Bonchev–Trinajstić information content (AvgIpc) is 3.21. The number of para-hydroxylation sites is 3. The molecular formula is C23H21N3O2S. The summed E-state index contributed by atoms with van der Waals surface area (Å²) in [7, 11) is 0. The zero-order chi connectivity index (χ0) is 19.8. The normalized spacial score (nSPS) is 17.9. The first kappa shape index (κ1) is 17.9. The number of carbonyl (C=O) groups is 2. The van der Waals surface area contributed by atoms with Crippen LogP contribution < -0.4 is 15.5 Å². The van der Waals surface area contributed by atoms with Gasteiger partial charge in [0.1, 0.15) is 0 Å². The molecule has 3 heterocycles. The van der Waals surface area contributed by atoms with Crippen LogP contribution in [0.3, 0.4) is 0 Å². The molecule has 29 heavy (non-hydrogen) atoms. The molecular weight excluding hydrogens is 382 g/mol. The number of thiophene rings is 1. The molecule has 0 saturated carbocycles. The Morgan fingerprint density at radius 3 is 2.86 bits per heavy atom. The summed E-state index contributed by atoms with van der Waals surface area (Å²) < 4.78 is 0. The zero-order valence-electron chi connectivity index (χ0n) is 15.9. The van der Waals surface area contributed by atoms with E-state index in [-0.39, 0.29) is 18.2 Å². The van der Waals surface area contributed by atoms with E-state index in [9.17, 15) is 9.59 Å². The predicted molar refractivity (Wildman–Crippen MR) is 117 cm³/mol. The summed E-state index contributed by atoms with van der Waals surface area (Å²) in [6, 6.07) is 17.6. The summed E-state index contributed by atoms with van der Waals surface area (Å²) >= 11 is 1.82. The van der Waals surface area contributed by atoms with Gasteiger partial charge in [-0.15, -0.1) is 11.3 Å². The highest BCUT2D eigenvalue weighted by atomic mass is 32.1. The maximum atomic E-state index is 13.2. The number of nitrogens with zero attached hydrogens (tertiary/aromatic N) is 1. The molecule has 0 aliphatic carbocycles. The van der Waals surface area contributed by atoms with Crippen molar-refractivity contribution in [3.8, 4) is 0 Å². The molecule has 2 amide bonds. The van der Waals surface area contributed by atoms with E-state index in [0.29, 0.717) is 0 Å². The van der Waals surface area contributed by atoms with Gasteiger partial charge in [-0.3, -0.25) is 9.59 Å². The van der Waals surface area contributed by atoms with Crippen LogP contribution in [0.1, 0.15) is 28.3 Å². The van der Waals surface area contributed by atoms with Crippen molar-refractivity contribution in [2.45, 2.75) is 25.3 Å². The monoisotopic (exact) mass is 403 g/mol. The molecule has 5 nitrogen and oxygen atoms in total. The Hall–Kier alpha value is -3.12. The highest BCUT2D eigenvalue weighted by molar-refractivity contribution is 7.10. The van der Waals surface area contributed by atoms with Crippen molar-refractivity contribution in [1.82, 2.24) is 0 Å². The van der Waals surface area contributed by atoms with Gasteiger partial charge in [-0.2, -0.15) is 0 Å². The maximum Gasteiger partial charge on any atom is 0.232 e. The van der Waals surface area contributed by atoms with E-state index in [1.807, 2.05) is 53.8 Å². The Morgan fingerprint density at radius 2 is 1.93 bits per heavy atom. The third-order valence-electron chi connectivity index (χ3n) is 5.63. The van der Waals surface area contributed by atoms with Crippen LogP contribution in [0.15, 0.2) is 60.0 Å². The largest absolute Gasteiger partial charge is 0.365 e. The van der Waals surface area contributed by atoms with E-state index in [0.717, 1.165) is 42.1 Å². The van der Waals surface area contributed by atoms with Crippen molar-refractivity contribution in [3.05, 3.63) is 76.0 Å². The van der Waals surface area contributed by atoms with Crippen molar-refractivity contribution in [2.75, 3.05) is 22.1 Å². The second-order valence-electron chi connectivity index (χ2n) is 7.44. The van der Waals surface area contributed by atoms with Gasteiger partial charge in [0.25, 0.3) is 0 Å². The fraction of sp³-hybridized carbons (Fsp3) is 0.217. The summed E-state index contributed by atoms with van der Waals surface area (Å²) in [5.41, 5.74) is 4.76. The highest BCUT2D eigenvalue weighted by Gasteiger charge is 2.31. The van der Waals surface area contributed by atoms with E-state index in [1.165, 1.54) is 10.4 Å².